The summed E-state index contributed by atoms with van der Waals surface area (Å²) in [7, 11) is 3.49. The highest BCUT2D eigenvalue weighted by Gasteiger charge is 2.28. The van der Waals surface area contributed by atoms with Crippen LogP contribution in [0.1, 0.15) is 44.1 Å². The Morgan fingerprint density at radius 1 is 1.18 bits per heavy atom. The molecule has 2 aliphatic rings. The maximum atomic E-state index is 12.7. The van der Waals surface area contributed by atoms with Crippen molar-refractivity contribution in [2.24, 2.45) is 11.8 Å². The van der Waals surface area contributed by atoms with Gasteiger partial charge in [0, 0.05) is 38.5 Å². The fraction of sp³-hybridized carbons (Fsp3) is 0.636. The number of methoxy groups -OCH3 is 1. The Hall–Kier alpha value is -2.08. The van der Waals surface area contributed by atoms with Crippen LogP contribution < -0.4 is 15.4 Å². The Balaban J connectivity index is 1.51. The summed E-state index contributed by atoms with van der Waals surface area (Å²) in [4.78, 5) is 27.1. The molecular weight excluding hydrogens is 354 g/mol. The van der Waals surface area contributed by atoms with Gasteiger partial charge in [-0.25, -0.2) is 0 Å². The number of amides is 2. The second-order valence-corrected chi connectivity index (χ2v) is 8.22. The zero-order chi connectivity index (χ0) is 19.9. The molecule has 1 saturated heterocycles. The Kier molecular flexibility index (Phi) is 7.31. The molecular formula is C22H33N3O3. The lowest BCUT2D eigenvalue weighted by Crippen LogP contribution is -2.42. The SMILES string of the molecule is COc1ccc(CNC(=O)[C@@H]2CCC[C@@H](NCC3CC3)CN(C)C(=O)C2)cc1. The van der Waals surface area contributed by atoms with Crippen molar-refractivity contribution in [1.29, 1.82) is 0 Å². The molecule has 1 heterocycles. The highest BCUT2D eigenvalue weighted by atomic mass is 16.5. The molecule has 28 heavy (non-hydrogen) atoms. The van der Waals surface area contributed by atoms with Crippen LogP contribution in [-0.2, 0) is 16.1 Å². The highest BCUT2D eigenvalue weighted by Crippen LogP contribution is 2.28. The predicted octanol–water partition coefficient (Wildman–Crippen LogP) is 2.33. The van der Waals surface area contributed by atoms with Gasteiger partial charge in [0.25, 0.3) is 0 Å². The predicted molar refractivity (Wildman–Crippen MR) is 109 cm³/mol. The van der Waals surface area contributed by atoms with Gasteiger partial charge in [0.2, 0.25) is 11.8 Å². The minimum atomic E-state index is -0.254. The average Bonchev–Trinajstić information content (AvgIpc) is 3.52. The van der Waals surface area contributed by atoms with E-state index in [0.29, 0.717) is 19.0 Å². The molecule has 1 saturated carbocycles. The number of carbonyl (C=O) groups excluding carboxylic acids is 2. The van der Waals surface area contributed by atoms with Crippen molar-refractivity contribution in [3.8, 4) is 5.75 Å². The van der Waals surface area contributed by atoms with E-state index in [9.17, 15) is 9.59 Å². The molecule has 0 bridgehead atoms. The molecule has 2 fully saturated rings. The van der Waals surface area contributed by atoms with E-state index in [2.05, 4.69) is 10.6 Å². The van der Waals surface area contributed by atoms with E-state index in [-0.39, 0.29) is 17.7 Å². The zero-order valence-corrected chi connectivity index (χ0v) is 17.1. The molecule has 1 aliphatic carbocycles. The number of carbonyl (C=O) groups is 2. The van der Waals surface area contributed by atoms with E-state index in [1.165, 1.54) is 12.8 Å². The first-order chi connectivity index (χ1) is 13.5. The lowest BCUT2D eigenvalue weighted by molar-refractivity contribution is -0.135. The topological polar surface area (TPSA) is 70.7 Å². The van der Waals surface area contributed by atoms with Crippen LogP contribution in [0.2, 0.25) is 0 Å². The number of ether oxygens (including phenoxy) is 1. The van der Waals surface area contributed by atoms with Crippen LogP contribution in [0.4, 0.5) is 0 Å². The van der Waals surface area contributed by atoms with Gasteiger partial charge < -0.3 is 20.3 Å². The van der Waals surface area contributed by atoms with Crippen molar-refractivity contribution in [3.05, 3.63) is 29.8 Å². The smallest absolute Gasteiger partial charge is 0.223 e. The van der Waals surface area contributed by atoms with Gasteiger partial charge in [-0.1, -0.05) is 18.6 Å². The summed E-state index contributed by atoms with van der Waals surface area (Å²) >= 11 is 0. The third-order valence-corrected chi connectivity index (χ3v) is 5.83. The first kappa shape index (κ1) is 20.6. The standard InChI is InChI=1S/C22H33N3O3/c1-25-15-19(23-13-16-6-7-16)5-3-4-18(12-21(25)26)22(27)24-14-17-8-10-20(28-2)11-9-17/h8-11,16,18-19,23H,3-7,12-15H2,1-2H3,(H,24,27)/t18-,19-/m1/s1. The molecule has 2 amide bonds. The minimum Gasteiger partial charge on any atom is -0.497 e. The second kappa shape index (κ2) is 9.92. The van der Waals surface area contributed by atoms with Crippen LogP contribution in [0.3, 0.4) is 0 Å². The van der Waals surface area contributed by atoms with Crippen molar-refractivity contribution in [3.63, 3.8) is 0 Å². The van der Waals surface area contributed by atoms with Gasteiger partial charge in [-0.15, -0.1) is 0 Å². The molecule has 6 heteroatoms. The molecule has 0 unspecified atom stereocenters. The molecule has 1 aliphatic heterocycles. The summed E-state index contributed by atoms with van der Waals surface area (Å²) < 4.78 is 5.16. The lowest BCUT2D eigenvalue weighted by Gasteiger charge is -2.24. The van der Waals surface area contributed by atoms with Crippen LogP contribution in [0.5, 0.6) is 5.75 Å². The van der Waals surface area contributed by atoms with Crippen molar-refractivity contribution in [2.75, 3.05) is 27.2 Å². The Bertz CT molecular complexity index is 657. The number of hydrogen-bond donors (Lipinski definition) is 2. The number of nitrogens with one attached hydrogen (secondary N) is 2. The van der Waals surface area contributed by atoms with Crippen LogP contribution in [0, 0.1) is 11.8 Å². The van der Waals surface area contributed by atoms with Gasteiger partial charge in [-0.3, -0.25) is 9.59 Å². The normalized spacial score (nSPS) is 23.5. The van der Waals surface area contributed by atoms with Crippen LogP contribution in [0.25, 0.3) is 0 Å². The molecule has 6 nitrogen and oxygen atoms in total. The van der Waals surface area contributed by atoms with E-state index in [1.54, 1.807) is 12.0 Å². The van der Waals surface area contributed by atoms with E-state index >= 15 is 0 Å². The molecule has 2 atom stereocenters. The summed E-state index contributed by atoms with van der Waals surface area (Å²) in [5.41, 5.74) is 1.02. The number of hydrogen-bond acceptors (Lipinski definition) is 4. The molecule has 3 rings (SSSR count). The molecule has 1 aromatic carbocycles. The molecule has 154 valence electrons. The number of benzene rings is 1. The van der Waals surface area contributed by atoms with Gasteiger partial charge in [0.1, 0.15) is 5.75 Å². The molecule has 1 aromatic rings. The number of nitrogens with zero attached hydrogens (tertiary/aromatic N) is 1. The van der Waals surface area contributed by atoms with E-state index in [1.807, 2.05) is 31.3 Å². The summed E-state index contributed by atoms with van der Waals surface area (Å²) in [6.45, 7) is 2.25. The fourth-order valence-corrected chi connectivity index (χ4v) is 3.73. The average molecular weight is 388 g/mol. The van der Waals surface area contributed by atoms with Crippen molar-refractivity contribution >= 4 is 11.8 Å². The first-order valence-electron chi connectivity index (χ1n) is 10.4. The summed E-state index contributed by atoms with van der Waals surface area (Å²) in [5.74, 6) is 1.40. The van der Waals surface area contributed by atoms with E-state index in [4.69, 9.17) is 4.74 Å². The van der Waals surface area contributed by atoms with Gasteiger partial charge in [0.05, 0.1) is 7.11 Å². The van der Waals surface area contributed by atoms with E-state index < -0.39 is 0 Å². The molecule has 0 aromatic heterocycles. The lowest BCUT2D eigenvalue weighted by atomic mass is 9.96. The Labute approximate surface area is 168 Å². The molecule has 0 radical (unpaired) electrons. The third kappa shape index (κ3) is 6.23. The third-order valence-electron chi connectivity index (χ3n) is 5.83. The summed E-state index contributed by atoms with van der Waals surface area (Å²) in [5, 5.41) is 6.63. The number of rotatable bonds is 7. The molecule has 2 N–H and O–H groups in total. The molecule has 0 spiro atoms. The minimum absolute atomic E-state index is 0.0260. The largest absolute Gasteiger partial charge is 0.497 e. The van der Waals surface area contributed by atoms with Crippen LogP contribution in [-0.4, -0.2) is 50.0 Å². The summed E-state index contributed by atoms with van der Waals surface area (Å²) in [6, 6.07) is 7.98. The quantitative estimate of drug-likeness (QED) is 0.753. The summed E-state index contributed by atoms with van der Waals surface area (Å²) in [6.07, 6.45) is 5.67. The maximum Gasteiger partial charge on any atom is 0.223 e. The van der Waals surface area contributed by atoms with Crippen molar-refractivity contribution < 1.29 is 14.3 Å². The number of likely N-dealkylation sites (N-methyl/N-ethyl adjacent to an activating group) is 1. The van der Waals surface area contributed by atoms with Crippen molar-refractivity contribution in [1.82, 2.24) is 15.5 Å². The maximum absolute atomic E-state index is 12.7. The fourth-order valence-electron chi connectivity index (χ4n) is 3.73. The van der Waals surface area contributed by atoms with E-state index in [0.717, 1.165) is 49.6 Å². The van der Waals surface area contributed by atoms with Gasteiger partial charge >= 0.3 is 0 Å². The van der Waals surface area contributed by atoms with Gasteiger partial charge in [0.15, 0.2) is 0 Å². The second-order valence-electron chi connectivity index (χ2n) is 8.22. The van der Waals surface area contributed by atoms with Gasteiger partial charge in [-0.05, 0) is 55.8 Å². The monoisotopic (exact) mass is 387 g/mol. The van der Waals surface area contributed by atoms with Crippen molar-refractivity contribution in [2.45, 2.75) is 51.1 Å². The van der Waals surface area contributed by atoms with Crippen LogP contribution >= 0.6 is 0 Å². The van der Waals surface area contributed by atoms with Crippen LogP contribution in [0.15, 0.2) is 24.3 Å². The zero-order valence-electron chi connectivity index (χ0n) is 17.1. The Morgan fingerprint density at radius 3 is 2.61 bits per heavy atom. The van der Waals surface area contributed by atoms with Gasteiger partial charge in [-0.2, -0.15) is 0 Å². The highest BCUT2D eigenvalue weighted by molar-refractivity contribution is 5.85. The first-order valence-corrected chi connectivity index (χ1v) is 10.4. The Morgan fingerprint density at radius 2 is 1.93 bits per heavy atom.